The van der Waals surface area contributed by atoms with Gasteiger partial charge in [-0.1, -0.05) is 0 Å². The molecule has 0 spiro atoms. The maximum Gasteiger partial charge on any atom is 0.409 e. The molecule has 1 unspecified atom stereocenters. The summed E-state index contributed by atoms with van der Waals surface area (Å²) < 4.78 is 18.7. The molecule has 0 N–H and O–H groups in total. The lowest BCUT2D eigenvalue weighted by molar-refractivity contribution is -0.119. The van der Waals surface area contributed by atoms with Crippen LogP contribution < -0.4 is 4.90 Å². The van der Waals surface area contributed by atoms with E-state index < -0.39 is 0 Å². The van der Waals surface area contributed by atoms with Crippen molar-refractivity contribution in [3.8, 4) is 0 Å². The zero-order chi connectivity index (χ0) is 21.3. The third-order valence-electron chi connectivity index (χ3n) is 6.90. The van der Waals surface area contributed by atoms with Crippen LogP contribution in [0.5, 0.6) is 0 Å². The van der Waals surface area contributed by atoms with Crippen LogP contribution in [0.4, 0.5) is 14.9 Å². The quantitative estimate of drug-likeness (QED) is 0.751. The number of fused-ring (bicyclic) bond motifs is 1. The van der Waals surface area contributed by atoms with Gasteiger partial charge in [0.25, 0.3) is 0 Å². The molecule has 2 fully saturated rings. The maximum atomic E-state index is 13.6. The van der Waals surface area contributed by atoms with Gasteiger partial charge < -0.3 is 19.4 Å². The lowest BCUT2D eigenvalue weighted by atomic mass is 9.94. The molecule has 164 valence electrons. The summed E-state index contributed by atoms with van der Waals surface area (Å²) in [5.74, 6) is 0.155. The van der Waals surface area contributed by atoms with Gasteiger partial charge in [-0.3, -0.25) is 4.79 Å². The molecule has 3 heterocycles. The van der Waals surface area contributed by atoms with E-state index in [4.69, 9.17) is 4.74 Å². The number of carbonyl (C=O) groups excluding carboxylic acids is 2. The Balaban J connectivity index is 1.28. The Morgan fingerprint density at radius 3 is 2.50 bits per heavy atom. The van der Waals surface area contributed by atoms with Crippen LogP contribution in [0.25, 0.3) is 0 Å². The minimum Gasteiger partial charge on any atom is -0.450 e. The van der Waals surface area contributed by atoms with Crippen LogP contribution in [0.1, 0.15) is 51.0 Å². The summed E-state index contributed by atoms with van der Waals surface area (Å²) >= 11 is 0. The highest BCUT2D eigenvalue weighted by Gasteiger charge is 2.39. The molecule has 30 heavy (non-hydrogen) atoms. The summed E-state index contributed by atoms with van der Waals surface area (Å²) in [5.41, 5.74) is 1.70. The van der Waals surface area contributed by atoms with Crippen molar-refractivity contribution in [2.45, 2.75) is 51.5 Å². The van der Waals surface area contributed by atoms with Crippen LogP contribution in [-0.4, -0.2) is 67.2 Å². The number of ether oxygens (including phenoxy) is 1. The molecule has 0 aliphatic carbocycles. The predicted octanol–water partition coefficient (Wildman–Crippen LogP) is 3.61. The first-order valence-corrected chi connectivity index (χ1v) is 11.2. The number of anilines is 1. The highest BCUT2D eigenvalue weighted by atomic mass is 19.1. The number of halogens is 1. The molecule has 2 saturated heterocycles. The minimum absolute atomic E-state index is 0.0976. The number of hydrogen-bond acceptors (Lipinski definition) is 4. The second kappa shape index (κ2) is 8.92. The van der Waals surface area contributed by atoms with Gasteiger partial charge in [0.1, 0.15) is 5.82 Å². The molecule has 0 aromatic heterocycles. The molecule has 0 bridgehead atoms. The Morgan fingerprint density at radius 2 is 1.83 bits per heavy atom. The fraction of sp³-hybridized carbons (Fsp3) is 0.652. The zero-order valence-electron chi connectivity index (χ0n) is 18.0. The third-order valence-corrected chi connectivity index (χ3v) is 6.90. The van der Waals surface area contributed by atoms with E-state index >= 15 is 0 Å². The van der Waals surface area contributed by atoms with Gasteiger partial charge in [-0.25, -0.2) is 9.18 Å². The number of likely N-dealkylation sites (tertiary alicyclic amines) is 2. The number of nitrogens with zero attached hydrogens (tertiary/aromatic N) is 3. The molecule has 0 saturated carbocycles. The van der Waals surface area contributed by atoms with Gasteiger partial charge in [0.2, 0.25) is 5.91 Å². The first-order chi connectivity index (χ1) is 14.5. The van der Waals surface area contributed by atoms with E-state index in [1.54, 1.807) is 6.07 Å². The predicted molar refractivity (Wildman–Crippen MR) is 113 cm³/mol. The van der Waals surface area contributed by atoms with Crippen LogP contribution in [0.15, 0.2) is 18.2 Å². The maximum absolute atomic E-state index is 13.6. The highest BCUT2D eigenvalue weighted by Crippen LogP contribution is 2.40. The summed E-state index contributed by atoms with van der Waals surface area (Å²) in [4.78, 5) is 30.9. The SMILES string of the molecule is CCOC(=O)N1CCC(CN2CCC(N3C(=O)C(C)c4cc(F)ccc43)CC2)CC1. The van der Waals surface area contributed by atoms with E-state index in [0.717, 1.165) is 69.7 Å². The lowest BCUT2D eigenvalue weighted by Crippen LogP contribution is -2.48. The summed E-state index contributed by atoms with van der Waals surface area (Å²) in [5, 5.41) is 0. The monoisotopic (exact) mass is 417 g/mol. The molecule has 7 heteroatoms. The second-order valence-electron chi connectivity index (χ2n) is 8.79. The lowest BCUT2D eigenvalue weighted by Gasteiger charge is -2.39. The van der Waals surface area contributed by atoms with Crippen molar-refractivity contribution < 1.29 is 18.7 Å². The van der Waals surface area contributed by atoms with Gasteiger partial charge in [0.05, 0.1) is 12.5 Å². The molecule has 3 aliphatic rings. The summed E-state index contributed by atoms with van der Waals surface area (Å²) in [6, 6.07) is 4.91. The van der Waals surface area contributed by atoms with E-state index in [0.29, 0.717) is 12.5 Å². The smallest absolute Gasteiger partial charge is 0.409 e. The first kappa shape index (κ1) is 21.1. The minimum atomic E-state index is -0.279. The molecule has 6 nitrogen and oxygen atoms in total. The number of piperidine rings is 2. The van der Waals surface area contributed by atoms with Crippen LogP contribution in [-0.2, 0) is 9.53 Å². The molecule has 1 aromatic carbocycles. The second-order valence-corrected chi connectivity index (χ2v) is 8.79. The van der Waals surface area contributed by atoms with Gasteiger partial charge in [0.15, 0.2) is 0 Å². The Morgan fingerprint density at radius 1 is 1.13 bits per heavy atom. The Bertz CT molecular complexity index is 786. The van der Waals surface area contributed by atoms with Gasteiger partial charge in [-0.15, -0.1) is 0 Å². The van der Waals surface area contributed by atoms with E-state index in [9.17, 15) is 14.0 Å². The highest BCUT2D eigenvalue weighted by molar-refractivity contribution is 6.05. The third kappa shape index (κ3) is 4.17. The fourth-order valence-corrected chi connectivity index (χ4v) is 5.17. The van der Waals surface area contributed by atoms with Gasteiger partial charge in [0, 0.05) is 44.5 Å². The molecular weight excluding hydrogens is 385 g/mol. The Hall–Kier alpha value is -2.15. The van der Waals surface area contributed by atoms with Crippen molar-refractivity contribution in [2.75, 3.05) is 44.2 Å². The van der Waals surface area contributed by atoms with Crippen molar-refractivity contribution in [2.24, 2.45) is 5.92 Å². The summed E-state index contributed by atoms with van der Waals surface area (Å²) in [6.45, 7) is 8.66. The fourth-order valence-electron chi connectivity index (χ4n) is 5.17. The van der Waals surface area contributed by atoms with Crippen molar-refractivity contribution >= 4 is 17.7 Å². The number of benzene rings is 1. The molecule has 0 radical (unpaired) electrons. The van der Waals surface area contributed by atoms with Crippen LogP contribution in [0, 0.1) is 11.7 Å². The van der Waals surface area contributed by atoms with Crippen molar-refractivity contribution in [3.05, 3.63) is 29.6 Å². The van der Waals surface area contributed by atoms with Crippen molar-refractivity contribution in [1.29, 1.82) is 0 Å². The number of carbonyl (C=O) groups is 2. The number of hydrogen-bond donors (Lipinski definition) is 0. The van der Waals surface area contributed by atoms with E-state index in [-0.39, 0.29) is 29.8 Å². The van der Waals surface area contributed by atoms with Gasteiger partial charge in [-0.2, -0.15) is 0 Å². The van der Waals surface area contributed by atoms with E-state index in [1.807, 2.05) is 23.6 Å². The largest absolute Gasteiger partial charge is 0.450 e. The van der Waals surface area contributed by atoms with E-state index in [2.05, 4.69) is 4.90 Å². The average molecular weight is 418 g/mol. The van der Waals surface area contributed by atoms with Crippen LogP contribution in [0.3, 0.4) is 0 Å². The van der Waals surface area contributed by atoms with Crippen molar-refractivity contribution in [1.82, 2.24) is 9.80 Å². The van der Waals surface area contributed by atoms with Crippen LogP contribution in [0.2, 0.25) is 0 Å². The topological polar surface area (TPSA) is 53.1 Å². The zero-order valence-corrected chi connectivity index (χ0v) is 18.0. The number of rotatable bonds is 4. The Kier molecular flexibility index (Phi) is 6.27. The van der Waals surface area contributed by atoms with E-state index in [1.165, 1.54) is 12.1 Å². The molecule has 1 aromatic rings. The standard InChI is InChI=1S/C23H32FN3O3/c1-3-30-23(29)26-12-6-17(7-13-26)15-25-10-8-19(9-11-25)27-21-5-4-18(24)14-20(21)16(2)22(27)28/h4-5,14,16-17,19H,3,6-13,15H2,1-2H3. The Labute approximate surface area is 177 Å². The molecular formula is C23H32FN3O3. The average Bonchev–Trinajstić information content (AvgIpc) is 2.99. The summed E-state index contributed by atoms with van der Waals surface area (Å²) in [6.07, 6.45) is 3.72. The normalized spacial score (nSPS) is 23.7. The van der Waals surface area contributed by atoms with Gasteiger partial charge >= 0.3 is 6.09 Å². The van der Waals surface area contributed by atoms with Crippen LogP contribution >= 0.6 is 0 Å². The summed E-state index contributed by atoms with van der Waals surface area (Å²) in [7, 11) is 0. The molecule has 1 atom stereocenters. The van der Waals surface area contributed by atoms with Crippen molar-refractivity contribution in [3.63, 3.8) is 0 Å². The number of amides is 2. The van der Waals surface area contributed by atoms with Gasteiger partial charge in [-0.05, 0) is 69.2 Å². The first-order valence-electron chi connectivity index (χ1n) is 11.2. The molecule has 3 aliphatic heterocycles. The molecule has 4 rings (SSSR count). The molecule has 2 amide bonds.